The van der Waals surface area contributed by atoms with Crippen LogP contribution >= 0.6 is 22.6 Å². The van der Waals surface area contributed by atoms with Crippen LogP contribution in [-0.4, -0.2) is 31.6 Å². The Kier molecular flexibility index (Phi) is 5.28. The molecular formula is C19H20INO3. The van der Waals surface area contributed by atoms with E-state index in [9.17, 15) is 4.79 Å². The molecule has 2 aromatic rings. The summed E-state index contributed by atoms with van der Waals surface area (Å²) < 4.78 is 11.8. The van der Waals surface area contributed by atoms with Gasteiger partial charge in [0.1, 0.15) is 11.5 Å². The van der Waals surface area contributed by atoms with Crippen molar-refractivity contribution in [1.82, 2.24) is 4.90 Å². The lowest BCUT2D eigenvalue weighted by molar-refractivity contribution is 0.0733. The first-order valence-corrected chi connectivity index (χ1v) is 9.01. The van der Waals surface area contributed by atoms with E-state index < -0.39 is 0 Å². The number of hydrogen-bond acceptors (Lipinski definition) is 3. The molecule has 1 amide bonds. The summed E-state index contributed by atoms with van der Waals surface area (Å²) >= 11 is 2.22. The molecule has 0 unspecified atom stereocenters. The van der Waals surface area contributed by atoms with E-state index >= 15 is 0 Å². The molecule has 0 saturated carbocycles. The SMILES string of the molecule is COc1ccc(OC)c([C@H]2CCCN2C(=O)c2ccccc2I)c1. The Labute approximate surface area is 155 Å². The molecule has 5 heteroatoms. The molecule has 1 aliphatic rings. The Morgan fingerprint density at radius 3 is 2.67 bits per heavy atom. The Hall–Kier alpha value is -1.76. The molecule has 1 atom stereocenters. The van der Waals surface area contributed by atoms with Gasteiger partial charge in [-0.25, -0.2) is 0 Å². The zero-order valence-corrected chi connectivity index (χ0v) is 15.9. The fourth-order valence-electron chi connectivity index (χ4n) is 3.22. The van der Waals surface area contributed by atoms with Crippen LogP contribution < -0.4 is 9.47 Å². The highest BCUT2D eigenvalue weighted by atomic mass is 127. The first kappa shape index (κ1) is 17.1. The molecule has 0 spiro atoms. The number of carbonyl (C=O) groups excluding carboxylic acids is 1. The van der Waals surface area contributed by atoms with E-state index in [1.54, 1.807) is 14.2 Å². The summed E-state index contributed by atoms with van der Waals surface area (Å²) in [6.45, 7) is 0.759. The summed E-state index contributed by atoms with van der Waals surface area (Å²) in [5.41, 5.74) is 1.76. The molecule has 24 heavy (non-hydrogen) atoms. The number of amides is 1. The van der Waals surface area contributed by atoms with E-state index in [0.29, 0.717) is 0 Å². The van der Waals surface area contributed by atoms with Crippen LogP contribution in [-0.2, 0) is 0 Å². The van der Waals surface area contributed by atoms with Crippen LogP contribution in [0.15, 0.2) is 42.5 Å². The number of carbonyl (C=O) groups is 1. The van der Waals surface area contributed by atoms with Crippen LogP contribution in [0.25, 0.3) is 0 Å². The van der Waals surface area contributed by atoms with E-state index in [0.717, 1.165) is 45.6 Å². The second-order valence-electron chi connectivity index (χ2n) is 5.74. The van der Waals surface area contributed by atoms with Crippen molar-refractivity contribution in [3.05, 3.63) is 57.2 Å². The summed E-state index contributed by atoms with van der Waals surface area (Å²) in [5.74, 6) is 1.65. The van der Waals surface area contributed by atoms with E-state index in [1.807, 2.05) is 47.4 Å². The Bertz CT molecular complexity index is 747. The van der Waals surface area contributed by atoms with Crippen LogP contribution in [0.1, 0.15) is 34.8 Å². The van der Waals surface area contributed by atoms with Gasteiger partial charge in [-0.2, -0.15) is 0 Å². The minimum Gasteiger partial charge on any atom is -0.497 e. The summed E-state index contributed by atoms with van der Waals surface area (Å²) in [6.07, 6.45) is 1.92. The quantitative estimate of drug-likeness (QED) is 0.671. The summed E-state index contributed by atoms with van der Waals surface area (Å²) in [4.78, 5) is 15.0. The maximum Gasteiger partial charge on any atom is 0.255 e. The number of nitrogens with zero attached hydrogens (tertiary/aromatic N) is 1. The van der Waals surface area contributed by atoms with Crippen LogP contribution in [0, 0.1) is 3.57 Å². The van der Waals surface area contributed by atoms with Gasteiger partial charge in [-0.3, -0.25) is 4.79 Å². The van der Waals surface area contributed by atoms with Gasteiger partial charge >= 0.3 is 0 Å². The van der Waals surface area contributed by atoms with E-state index in [-0.39, 0.29) is 11.9 Å². The highest BCUT2D eigenvalue weighted by molar-refractivity contribution is 14.1. The second-order valence-corrected chi connectivity index (χ2v) is 6.91. The van der Waals surface area contributed by atoms with Gasteiger partial charge in [-0.15, -0.1) is 0 Å². The van der Waals surface area contributed by atoms with Crippen molar-refractivity contribution in [3.8, 4) is 11.5 Å². The minimum atomic E-state index is 0.0126. The molecule has 1 heterocycles. The van der Waals surface area contributed by atoms with E-state index in [2.05, 4.69) is 22.6 Å². The van der Waals surface area contributed by atoms with Crippen molar-refractivity contribution in [2.75, 3.05) is 20.8 Å². The van der Waals surface area contributed by atoms with Crippen LogP contribution in [0.3, 0.4) is 0 Å². The molecule has 0 radical (unpaired) electrons. The van der Waals surface area contributed by atoms with Gasteiger partial charge in [0.2, 0.25) is 0 Å². The highest BCUT2D eigenvalue weighted by Crippen LogP contribution is 2.39. The van der Waals surface area contributed by atoms with Gasteiger partial charge < -0.3 is 14.4 Å². The molecule has 3 rings (SSSR count). The Balaban J connectivity index is 1.97. The highest BCUT2D eigenvalue weighted by Gasteiger charge is 2.33. The number of ether oxygens (including phenoxy) is 2. The average molecular weight is 437 g/mol. The number of rotatable bonds is 4. The van der Waals surface area contributed by atoms with E-state index in [4.69, 9.17) is 9.47 Å². The van der Waals surface area contributed by atoms with Gasteiger partial charge in [0.15, 0.2) is 0 Å². The number of likely N-dealkylation sites (tertiary alicyclic amines) is 1. The molecule has 0 bridgehead atoms. The van der Waals surface area contributed by atoms with Crippen molar-refractivity contribution in [2.45, 2.75) is 18.9 Å². The zero-order chi connectivity index (χ0) is 17.1. The normalized spacial score (nSPS) is 17.0. The van der Waals surface area contributed by atoms with Crippen molar-refractivity contribution >= 4 is 28.5 Å². The zero-order valence-electron chi connectivity index (χ0n) is 13.8. The average Bonchev–Trinajstić information content (AvgIpc) is 3.10. The fraction of sp³-hybridized carbons (Fsp3) is 0.316. The van der Waals surface area contributed by atoms with Crippen molar-refractivity contribution in [2.24, 2.45) is 0 Å². The first-order chi connectivity index (χ1) is 11.7. The van der Waals surface area contributed by atoms with Crippen molar-refractivity contribution in [3.63, 3.8) is 0 Å². The minimum absolute atomic E-state index is 0.0126. The van der Waals surface area contributed by atoms with Gasteiger partial charge in [-0.05, 0) is 65.8 Å². The molecule has 1 aliphatic heterocycles. The Morgan fingerprint density at radius 2 is 1.96 bits per heavy atom. The topological polar surface area (TPSA) is 38.8 Å². The monoisotopic (exact) mass is 437 g/mol. The lowest BCUT2D eigenvalue weighted by Crippen LogP contribution is -2.31. The fourth-order valence-corrected chi connectivity index (χ4v) is 3.84. The Morgan fingerprint density at radius 1 is 1.17 bits per heavy atom. The predicted octanol–water partition coefficient (Wildman–Crippen LogP) is 4.29. The lowest BCUT2D eigenvalue weighted by atomic mass is 10.0. The standard InChI is InChI=1S/C19H20INO3/c1-23-13-9-10-18(24-2)15(12-13)17-8-5-11-21(17)19(22)14-6-3-4-7-16(14)20/h3-4,6-7,9-10,12,17H,5,8,11H2,1-2H3/t17-/m1/s1. The van der Waals surface area contributed by atoms with Crippen molar-refractivity contribution in [1.29, 1.82) is 0 Å². The molecule has 1 fully saturated rings. The van der Waals surface area contributed by atoms with Gasteiger partial charge in [-0.1, -0.05) is 12.1 Å². The molecule has 0 aromatic heterocycles. The molecule has 0 aliphatic carbocycles. The third kappa shape index (κ3) is 3.22. The predicted molar refractivity (Wildman–Crippen MR) is 102 cm³/mol. The van der Waals surface area contributed by atoms with Crippen LogP contribution in [0.2, 0.25) is 0 Å². The van der Waals surface area contributed by atoms with Crippen molar-refractivity contribution < 1.29 is 14.3 Å². The van der Waals surface area contributed by atoms with Crippen LogP contribution in [0.4, 0.5) is 0 Å². The smallest absolute Gasteiger partial charge is 0.255 e. The lowest BCUT2D eigenvalue weighted by Gasteiger charge is -2.27. The molecule has 126 valence electrons. The third-order valence-electron chi connectivity index (χ3n) is 4.41. The first-order valence-electron chi connectivity index (χ1n) is 7.93. The summed E-state index contributed by atoms with van der Waals surface area (Å²) in [5, 5.41) is 0. The molecule has 4 nitrogen and oxygen atoms in total. The molecule has 2 aromatic carbocycles. The molecule has 0 N–H and O–H groups in total. The number of methoxy groups -OCH3 is 2. The molecule has 1 saturated heterocycles. The number of halogens is 1. The molecular weight excluding hydrogens is 417 g/mol. The van der Waals surface area contributed by atoms with Gasteiger partial charge in [0, 0.05) is 15.7 Å². The third-order valence-corrected chi connectivity index (χ3v) is 5.35. The van der Waals surface area contributed by atoms with Crippen LogP contribution in [0.5, 0.6) is 11.5 Å². The van der Waals surface area contributed by atoms with Gasteiger partial charge in [0.05, 0.1) is 25.8 Å². The summed E-state index contributed by atoms with van der Waals surface area (Å²) in [6, 6.07) is 13.5. The number of benzene rings is 2. The largest absolute Gasteiger partial charge is 0.497 e. The number of hydrogen-bond donors (Lipinski definition) is 0. The maximum absolute atomic E-state index is 13.1. The maximum atomic E-state index is 13.1. The van der Waals surface area contributed by atoms with E-state index in [1.165, 1.54) is 0 Å². The summed E-state index contributed by atoms with van der Waals surface area (Å²) in [7, 11) is 3.31. The van der Waals surface area contributed by atoms with Gasteiger partial charge in [0.25, 0.3) is 5.91 Å². The second kappa shape index (κ2) is 7.42.